The molecule has 17 heavy (non-hydrogen) atoms. The SMILES string of the molecule is O=C(Nc1cc(Br)c(F)cc1F)C1CCNC1. The van der Waals surface area contributed by atoms with E-state index in [4.69, 9.17) is 0 Å². The van der Waals surface area contributed by atoms with Gasteiger partial charge < -0.3 is 10.6 Å². The summed E-state index contributed by atoms with van der Waals surface area (Å²) in [7, 11) is 0. The molecule has 3 nitrogen and oxygen atoms in total. The van der Waals surface area contributed by atoms with Crippen molar-refractivity contribution in [2.45, 2.75) is 6.42 Å². The van der Waals surface area contributed by atoms with E-state index in [0.29, 0.717) is 6.54 Å². The van der Waals surface area contributed by atoms with Crippen LogP contribution in [0.3, 0.4) is 0 Å². The molecule has 0 aliphatic carbocycles. The van der Waals surface area contributed by atoms with Crippen LogP contribution in [0.4, 0.5) is 14.5 Å². The molecule has 1 atom stereocenters. The normalized spacial score (nSPS) is 19.4. The van der Waals surface area contributed by atoms with E-state index in [0.717, 1.165) is 19.0 Å². The average Bonchev–Trinajstić information content (AvgIpc) is 2.79. The molecule has 0 bridgehead atoms. The molecule has 92 valence electrons. The summed E-state index contributed by atoms with van der Waals surface area (Å²) in [4.78, 5) is 11.7. The van der Waals surface area contributed by atoms with E-state index in [1.54, 1.807) is 0 Å². The van der Waals surface area contributed by atoms with Gasteiger partial charge in [0.15, 0.2) is 0 Å². The molecule has 0 saturated carbocycles. The van der Waals surface area contributed by atoms with Crippen LogP contribution in [0.1, 0.15) is 6.42 Å². The number of amides is 1. The lowest BCUT2D eigenvalue weighted by atomic mass is 10.1. The molecule has 1 aliphatic heterocycles. The van der Waals surface area contributed by atoms with Crippen molar-refractivity contribution in [2.75, 3.05) is 18.4 Å². The minimum absolute atomic E-state index is 0.00447. The fourth-order valence-corrected chi connectivity index (χ4v) is 2.07. The van der Waals surface area contributed by atoms with E-state index in [2.05, 4.69) is 26.6 Å². The van der Waals surface area contributed by atoms with Gasteiger partial charge in [0.25, 0.3) is 0 Å². The predicted octanol–water partition coefficient (Wildman–Crippen LogP) is 2.28. The quantitative estimate of drug-likeness (QED) is 0.823. The largest absolute Gasteiger partial charge is 0.323 e. The summed E-state index contributed by atoms with van der Waals surface area (Å²) >= 11 is 2.95. The monoisotopic (exact) mass is 304 g/mol. The Morgan fingerprint density at radius 3 is 2.82 bits per heavy atom. The Kier molecular flexibility index (Phi) is 3.73. The van der Waals surface area contributed by atoms with E-state index < -0.39 is 11.6 Å². The van der Waals surface area contributed by atoms with Crippen molar-refractivity contribution in [3.63, 3.8) is 0 Å². The van der Waals surface area contributed by atoms with Crippen LogP contribution in [0, 0.1) is 17.6 Å². The Labute approximate surface area is 106 Å². The van der Waals surface area contributed by atoms with Gasteiger partial charge in [-0.2, -0.15) is 0 Å². The number of carbonyl (C=O) groups is 1. The smallest absolute Gasteiger partial charge is 0.228 e. The second-order valence-corrected chi connectivity index (χ2v) is 4.78. The highest BCUT2D eigenvalue weighted by atomic mass is 79.9. The molecule has 2 rings (SSSR count). The average molecular weight is 305 g/mol. The van der Waals surface area contributed by atoms with Crippen LogP contribution in [-0.2, 0) is 4.79 Å². The fourth-order valence-electron chi connectivity index (χ4n) is 1.73. The highest BCUT2D eigenvalue weighted by Crippen LogP contribution is 2.24. The molecule has 1 heterocycles. The molecule has 2 N–H and O–H groups in total. The van der Waals surface area contributed by atoms with E-state index in [1.807, 2.05) is 0 Å². The van der Waals surface area contributed by atoms with Gasteiger partial charge >= 0.3 is 0 Å². The highest BCUT2D eigenvalue weighted by Gasteiger charge is 2.23. The molecule has 0 aromatic heterocycles. The van der Waals surface area contributed by atoms with Crippen LogP contribution in [0.2, 0.25) is 0 Å². The van der Waals surface area contributed by atoms with Crippen molar-refractivity contribution in [1.29, 1.82) is 0 Å². The van der Waals surface area contributed by atoms with Crippen molar-refractivity contribution >= 4 is 27.5 Å². The van der Waals surface area contributed by atoms with Crippen molar-refractivity contribution < 1.29 is 13.6 Å². The van der Waals surface area contributed by atoms with Crippen molar-refractivity contribution in [3.8, 4) is 0 Å². The molecular weight excluding hydrogens is 294 g/mol. The lowest BCUT2D eigenvalue weighted by molar-refractivity contribution is -0.119. The van der Waals surface area contributed by atoms with Crippen LogP contribution >= 0.6 is 15.9 Å². The molecule has 1 aromatic carbocycles. The van der Waals surface area contributed by atoms with Crippen molar-refractivity contribution in [2.24, 2.45) is 5.92 Å². The van der Waals surface area contributed by atoms with Gasteiger partial charge in [0, 0.05) is 12.6 Å². The summed E-state index contributed by atoms with van der Waals surface area (Å²) in [5.41, 5.74) is -0.00447. The van der Waals surface area contributed by atoms with Crippen molar-refractivity contribution in [1.82, 2.24) is 5.32 Å². The third-order valence-corrected chi connectivity index (χ3v) is 3.31. The van der Waals surface area contributed by atoms with E-state index in [-0.39, 0.29) is 22.0 Å². The lowest BCUT2D eigenvalue weighted by Gasteiger charge is -2.11. The van der Waals surface area contributed by atoms with E-state index in [1.165, 1.54) is 6.07 Å². The van der Waals surface area contributed by atoms with Gasteiger partial charge in [0.1, 0.15) is 11.6 Å². The first-order valence-corrected chi connectivity index (χ1v) is 6.03. The maximum atomic E-state index is 13.4. The van der Waals surface area contributed by atoms with Gasteiger partial charge in [0.05, 0.1) is 16.1 Å². The maximum Gasteiger partial charge on any atom is 0.228 e. The minimum atomic E-state index is -0.773. The molecule has 1 fully saturated rings. The Hall–Kier alpha value is -1.01. The van der Waals surface area contributed by atoms with Crippen LogP contribution in [-0.4, -0.2) is 19.0 Å². The number of hydrogen-bond acceptors (Lipinski definition) is 2. The third kappa shape index (κ3) is 2.81. The fraction of sp³-hybridized carbons (Fsp3) is 0.364. The van der Waals surface area contributed by atoms with Gasteiger partial charge in [0.2, 0.25) is 5.91 Å². The predicted molar refractivity (Wildman–Crippen MR) is 63.7 cm³/mol. The first kappa shape index (κ1) is 12.4. The van der Waals surface area contributed by atoms with Gasteiger partial charge in [-0.3, -0.25) is 4.79 Å². The number of nitrogens with one attached hydrogen (secondary N) is 2. The zero-order chi connectivity index (χ0) is 12.4. The molecule has 0 radical (unpaired) electrons. The highest BCUT2D eigenvalue weighted by molar-refractivity contribution is 9.10. The van der Waals surface area contributed by atoms with Crippen LogP contribution in [0.25, 0.3) is 0 Å². The second-order valence-electron chi connectivity index (χ2n) is 3.93. The summed E-state index contributed by atoms with van der Waals surface area (Å²) in [5.74, 6) is -1.86. The number of halogens is 3. The standard InChI is InChI=1S/C11H11BrF2N2O/c12-7-3-10(9(14)4-8(7)13)16-11(17)6-1-2-15-5-6/h3-4,6,15H,1-2,5H2,(H,16,17). The van der Waals surface area contributed by atoms with Gasteiger partial charge in [-0.05, 0) is 35.0 Å². The first-order chi connectivity index (χ1) is 8.08. The van der Waals surface area contributed by atoms with E-state index >= 15 is 0 Å². The Morgan fingerprint density at radius 1 is 1.41 bits per heavy atom. The zero-order valence-electron chi connectivity index (χ0n) is 8.90. The number of hydrogen-bond donors (Lipinski definition) is 2. The molecule has 1 amide bonds. The van der Waals surface area contributed by atoms with Crippen LogP contribution < -0.4 is 10.6 Å². The third-order valence-electron chi connectivity index (χ3n) is 2.70. The lowest BCUT2D eigenvalue weighted by Crippen LogP contribution is -2.25. The Balaban J connectivity index is 2.12. The Bertz CT molecular complexity index is 447. The molecule has 0 spiro atoms. The summed E-state index contributed by atoms with van der Waals surface area (Å²) in [6, 6.07) is 1.97. The van der Waals surface area contributed by atoms with Crippen LogP contribution in [0.5, 0.6) is 0 Å². The zero-order valence-corrected chi connectivity index (χ0v) is 10.5. The van der Waals surface area contributed by atoms with Gasteiger partial charge in [-0.25, -0.2) is 8.78 Å². The summed E-state index contributed by atoms with van der Waals surface area (Å²) in [6.07, 6.45) is 0.732. The number of benzene rings is 1. The van der Waals surface area contributed by atoms with Crippen molar-refractivity contribution in [3.05, 3.63) is 28.2 Å². The Morgan fingerprint density at radius 2 is 2.18 bits per heavy atom. The number of rotatable bonds is 2. The molecule has 1 aromatic rings. The van der Waals surface area contributed by atoms with E-state index in [9.17, 15) is 13.6 Å². The van der Waals surface area contributed by atoms with Gasteiger partial charge in [-0.15, -0.1) is 0 Å². The number of anilines is 1. The molecule has 1 aliphatic rings. The summed E-state index contributed by atoms with van der Waals surface area (Å²) in [5, 5.41) is 5.52. The number of carbonyl (C=O) groups excluding carboxylic acids is 1. The summed E-state index contributed by atoms with van der Waals surface area (Å²) in [6.45, 7) is 1.38. The first-order valence-electron chi connectivity index (χ1n) is 5.24. The summed E-state index contributed by atoms with van der Waals surface area (Å²) < 4.78 is 26.5. The molecular formula is C11H11BrF2N2O. The molecule has 1 unspecified atom stereocenters. The maximum absolute atomic E-state index is 13.4. The van der Waals surface area contributed by atoms with Gasteiger partial charge in [-0.1, -0.05) is 0 Å². The molecule has 1 saturated heterocycles. The molecule has 6 heteroatoms. The van der Waals surface area contributed by atoms with Crippen LogP contribution in [0.15, 0.2) is 16.6 Å². The minimum Gasteiger partial charge on any atom is -0.323 e. The second kappa shape index (κ2) is 5.10. The topological polar surface area (TPSA) is 41.1 Å².